The molecule has 0 spiro atoms. The SMILES string of the molecule is CCC(CC)NC(=O)c1cccc(C)c1F. The van der Waals surface area contributed by atoms with Gasteiger partial charge in [0.2, 0.25) is 0 Å². The van der Waals surface area contributed by atoms with Crippen LogP contribution in [0.4, 0.5) is 4.39 Å². The van der Waals surface area contributed by atoms with Gasteiger partial charge in [-0.15, -0.1) is 0 Å². The molecular weight excluding hydrogens is 205 g/mol. The monoisotopic (exact) mass is 223 g/mol. The van der Waals surface area contributed by atoms with Crippen molar-refractivity contribution in [3.63, 3.8) is 0 Å². The zero-order chi connectivity index (χ0) is 12.1. The number of halogens is 1. The topological polar surface area (TPSA) is 29.1 Å². The molecule has 0 aliphatic carbocycles. The Labute approximate surface area is 95.9 Å². The summed E-state index contributed by atoms with van der Waals surface area (Å²) < 4.78 is 13.6. The predicted molar refractivity (Wildman–Crippen MR) is 63.0 cm³/mol. The van der Waals surface area contributed by atoms with Gasteiger partial charge in [0.25, 0.3) is 5.91 Å². The second-order valence-corrected chi connectivity index (χ2v) is 3.92. The first-order valence-corrected chi connectivity index (χ1v) is 5.66. The Kier molecular flexibility index (Phi) is 4.47. The third-order valence-electron chi connectivity index (χ3n) is 2.76. The van der Waals surface area contributed by atoms with Crippen molar-refractivity contribution in [3.05, 3.63) is 35.1 Å². The van der Waals surface area contributed by atoms with E-state index in [9.17, 15) is 9.18 Å². The van der Waals surface area contributed by atoms with Crippen LogP contribution < -0.4 is 5.32 Å². The minimum absolute atomic E-state index is 0.118. The molecule has 1 aromatic carbocycles. The average Bonchev–Trinajstić information content (AvgIpc) is 2.29. The fraction of sp³-hybridized carbons (Fsp3) is 0.462. The van der Waals surface area contributed by atoms with Crippen molar-refractivity contribution < 1.29 is 9.18 Å². The van der Waals surface area contributed by atoms with Crippen LogP contribution in [0.25, 0.3) is 0 Å². The molecule has 0 saturated carbocycles. The molecule has 0 radical (unpaired) electrons. The summed E-state index contributed by atoms with van der Waals surface area (Å²) in [7, 11) is 0. The van der Waals surface area contributed by atoms with Crippen molar-refractivity contribution in [3.8, 4) is 0 Å². The maximum Gasteiger partial charge on any atom is 0.254 e. The van der Waals surface area contributed by atoms with Crippen LogP contribution in [0, 0.1) is 12.7 Å². The van der Waals surface area contributed by atoms with Crippen LogP contribution in [-0.4, -0.2) is 11.9 Å². The third-order valence-corrected chi connectivity index (χ3v) is 2.76. The van der Waals surface area contributed by atoms with Crippen LogP contribution in [-0.2, 0) is 0 Å². The highest BCUT2D eigenvalue weighted by atomic mass is 19.1. The predicted octanol–water partition coefficient (Wildman–Crippen LogP) is 3.05. The minimum atomic E-state index is -0.425. The fourth-order valence-corrected chi connectivity index (χ4v) is 1.58. The van der Waals surface area contributed by atoms with E-state index in [1.807, 2.05) is 13.8 Å². The number of nitrogens with one attached hydrogen (secondary N) is 1. The molecule has 16 heavy (non-hydrogen) atoms. The zero-order valence-corrected chi connectivity index (χ0v) is 10.0. The number of carbonyl (C=O) groups is 1. The number of benzene rings is 1. The first-order valence-electron chi connectivity index (χ1n) is 5.66. The number of aryl methyl sites for hydroxylation is 1. The average molecular weight is 223 g/mol. The molecule has 1 amide bonds. The first-order chi connectivity index (χ1) is 7.60. The van der Waals surface area contributed by atoms with E-state index in [1.165, 1.54) is 6.07 Å². The molecule has 0 heterocycles. The number of rotatable bonds is 4. The molecule has 1 N–H and O–H groups in total. The molecule has 88 valence electrons. The normalized spacial score (nSPS) is 10.6. The van der Waals surface area contributed by atoms with Gasteiger partial charge in [-0.05, 0) is 31.4 Å². The molecule has 0 aliphatic rings. The number of hydrogen-bond acceptors (Lipinski definition) is 1. The first kappa shape index (κ1) is 12.7. The third kappa shape index (κ3) is 2.81. The van der Waals surface area contributed by atoms with E-state index in [2.05, 4.69) is 5.32 Å². The van der Waals surface area contributed by atoms with E-state index in [0.717, 1.165) is 12.8 Å². The van der Waals surface area contributed by atoms with Gasteiger partial charge in [-0.2, -0.15) is 0 Å². The van der Waals surface area contributed by atoms with Crippen LogP contribution in [0.1, 0.15) is 42.6 Å². The highest BCUT2D eigenvalue weighted by molar-refractivity contribution is 5.94. The van der Waals surface area contributed by atoms with Gasteiger partial charge in [0.05, 0.1) is 5.56 Å². The second-order valence-electron chi connectivity index (χ2n) is 3.92. The summed E-state index contributed by atoms with van der Waals surface area (Å²) in [6.45, 7) is 5.66. The van der Waals surface area contributed by atoms with Gasteiger partial charge in [-0.1, -0.05) is 26.0 Å². The van der Waals surface area contributed by atoms with Gasteiger partial charge in [-0.25, -0.2) is 4.39 Å². The van der Waals surface area contributed by atoms with Crippen LogP contribution in [0.15, 0.2) is 18.2 Å². The molecule has 3 heteroatoms. The van der Waals surface area contributed by atoms with E-state index >= 15 is 0 Å². The van der Waals surface area contributed by atoms with Gasteiger partial charge in [0.15, 0.2) is 0 Å². The Morgan fingerprint density at radius 2 is 2.00 bits per heavy atom. The lowest BCUT2D eigenvalue weighted by atomic mass is 10.1. The van der Waals surface area contributed by atoms with E-state index in [-0.39, 0.29) is 17.5 Å². The quantitative estimate of drug-likeness (QED) is 0.835. The molecule has 0 unspecified atom stereocenters. The van der Waals surface area contributed by atoms with E-state index in [4.69, 9.17) is 0 Å². The summed E-state index contributed by atoms with van der Waals surface area (Å²) >= 11 is 0. The largest absolute Gasteiger partial charge is 0.349 e. The maximum absolute atomic E-state index is 13.6. The number of carbonyl (C=O) groups excluding carboxylic acids is 1. The van der Waals surface area contributed by atoms with Crippen molar-refractivity contribution in [1.82, 2.24) is 5.32 Å². The lowest BCUT2D eigenvalue weighted by Gasteiger charge is -2.15. The van der Waals surface area contributed by atoms with Gasteiger partial charge < -0.3 is 5.32 Å². The van der Waals surface area contributed by atoms with Gasteiger partial charge in [-0.3, -0.25) is 4.79 Å². The molecule has 2 nitrogen and oxygen atoms in total. The van der Waals surface area contributed by atoms with Crippen molar-refractivity contribution in [2.24, 2.45) is 0 Å². The Bertz CT molecular complexity index is 372. The highest BCUT2D eigenvalue weighted by Gasteiger charge is 2.15. The van der Waals surface area contributed by atoms with Crippen molar-refractivity contribution in [2.45, 2.75) is 39.7 Å². The van der Waals surface area contributed by atoms with Crippen molar-refractivity contribution in [2.75, 3.05) is 0 Å². The molecule has 0 saturated heterocycles. The van der Waals surface area contributed by atoms with Crippen LogP contribution in [0.5, 0.6) is 0 Å². The fourth-order valence-electron chi connectivity index (χ4n) is 1.58. The molecule has 1 rings (SSSR count). The second kappa shape index (κ2) is 5.64. The zero-order valence-electron chi connectivity index (χ0n) is 10.0. The minimum Gasteiger partial charge on any atom is -0.349 e. The highest BCUT2D eigenvalue weighted by Crippen LogP contribution is 2.12. The summed E-state index contributed by atoms with van der Waals surface area (Å²) in [5.41, 5.74) is 0.629. The lowest BCUT2D eigenvalue weighted by molar-refractivity contribution is 0.0930. The molecule has 0 aromatic heterocycles. The Morgan fingerprint density at radius 3 is 2.56 bits per heavy atom. The van der Waals surface area contributed by atoms with Crippen LogP contribution in [0.2, 0.25) is 0 Å². The smallest absolute Gasteiger partial charge is 0.254 e. The molecule has 1 aromatic rings. The van der Waals surface area contributed by atoms with Gasteiger partial charge in [0, 0.05) is 6.04 Å². The standard InChI is InChI=1S/C13H18FNO/c1-4-10(5-2)15-13(16)11-8-6-7-9(3)12(11)14/h6-8,10H,4-5H2,1-3H3,(H,15,16). The van der Waals surface area contributed by atoms with Crippen molar-refractivity contribution >= 4 is 5.91 Å². The maximum atomic E-state index is 13.6. The number of hydrogen-bond donors (Lipinski definition) is 1. The lowest BCUT2D eigenvalue weighted by Crippen LogP contribution is -2.34. The van der Waals surface area contributed by atoms with Crippen LogP contribution >= 0.6 is 0 Å². The summed E-state index contributed by atoms with van der Waals surface area (Å²) in [6.07, 6.45) is 1.71. The molecule has 0 atom stereocenters. The summed E-state index contributed by atoms with van der Waals surface area (Å²) in [4.78, 5) is 11.8. The molecule has 0 bridgehead atoms. The summed E-state index contributed by atoms with van der Waals surface area (Å²) in [6, 6.07) is 4.98. The van der Waals surface area contributed by atoms with Crippen LogP contribution in [0.3, 0.4) is 0 Å². The van der Waals surface area contributed by atoms with E-state index < -0.39 is 5.82 Å². The Balaban J connectivity index is 2.84. The summed E-state index contributed by atoms with van der Waals surface area (Å²) in [5.74, 6) is -0.749. The van der Waals surface area contributed by atoms with E-state index in [1.54, 1.807) is 19.1 Å². The Hall–Kier alpha value is -1.38. The molecule has 0 fully saturated rings. The Morgan fingerprint density at radius 1 is 1.38 bits per heavy atom. The van der Waals surface area contributed by atoms with Gasteiger partial charge in [0.1, 0.15) is 5.82 Å². The van der Waals surface area contributed by atoms with Gasteiger partial charge >= 0.3 is 0 Å². The summed E-state index contributed by atoms with van der Waals surface area (Å²) in [5, 5.41) is 2.82. The molecular formula is C13H18FNO. The van der Waals surface area contributed by atoms with E-state index in [0.29, 0.717) is 5.56 Å². The number of amides is 1. The van der Waals surface area contributed by atoms with Crippen molar-refractivity contribution in [1.29, 1.82) is 0 Å². The molecule has 0 aliphatic heterocycles.